The third-order valence-electron chi connectivity index (χ3n) is 5.47. The molecule has 0 aliphatic carbocycles. The van der Waals surface area contributed by atoms with Gasteiger partial charge < -0.3 is 14.0 Å². The first-order valence-electron chi connectivity index (χ1n) is 11.3. The molecule has 0 amide bonds. The molecule has 0 saturated heterocycles. The van der Waals surface area contributed by atoms with E-state index in [1.807, 2.05) is 30.3 Å². The Hall–Kier alpha value is -1.84. The number of benzene rings is 2. The van der Waals surface area contributed by atoms with Crippen LogP contribution in [0.5, 0.6) is 5.75 Å². The van der Waals surface area contributed by atoms with Crippen LogP contribution in [0.3, 0.4) is 0 Å². The van der Waals surface area contributed by atoms with Crippen LogP contribution in [0.1, 0.15) is 51.0 Å². The lowest BCUT2D eigenvalue weighted by atomic mass is 10.1. The van der Waals surface area contributed by atoms with Crippen molar-refractivity contribution in [2.75, 3.05) is 40.0 Å². The molecule has 3 heteroatoms. The molecule has 0 heterocycles. The molecule has 0 saturated carbocycles. The highest BCUT2D eigenvalue weighted by molar-refractivity contribution is 5.20. The molecule has 29 heavy (non-hydrogen) atoms. The molecule has 2 aromatic rings. The second-order valence-electron chi connectivity index (χ2n) is 8.25. The van der Waals surface area contributed by atoms with E-state index in [2.05, 4.69) is 44.3 Å². The van der Waals surface area contributed by atoms with Crippen molar-refractivity contribution in [2.24, 2.45) is 0 Å². The van der Waals surface area contributed by atoms with Crippen molar-refractivity contribution in [1.82, 2.24) is 0 Å². The smallest absolute Gasteiger partial charge is 0.119 e. The van der Waals surface area contributed by atoms with Gasteiger partial charge in [0.15, 0.2) is 0 Å². The van der Waals surface area contributed by atoms with Gasteiger partial charge in [0.2, 0.25) is 0 Å². The largest absolute Gasteiger partial charge is 0.491 e. The van der Waals surface area contributed by atoms with E-state index in [-0.39, 0.29) is 0 Å². The molecule has 2 aromatic carbocycles. The minimum absolute atomic E-state index is 0.601. The molecule has 1 atom stereocenters. The highest BCUT2D eigenvalue weighted by Crippen LogP contribution is 2.15. The van der Waals surface area contributed by atoms with Gasteiger partial charge in [-0.15, -0.1) is 0 Å². The normalized spacial score (nSPS) is 13.2. The molecule has 0 aliphatic heterocycles. The summed E-state index contributed by atoms with van der Waals surface area (Å²) >= 11 is 0. The maximum atomic E-state index is 5.91. The number of ether oxygens (including phenoxy) is 2. The van der Waals surface area contributed by atoms with E-state index in [9.17, 15) is 0 Å². The first-order valence-corrected chi connectivity index (χ1v) is 11.3. The van der Waals surface area contributed by atoms with Crippen molar-refractivity contribution < 1.29 is 14.0 Å². The van der Waals surface area contributed by atoms with Crippen LogP contribution in [-0.2, 0) is 11.3 Å². The zero-order valence-corrected chi connectivity index (χ0v) is 18.5. The molecule has 1 unspecified atom stereocenters. The number of likely N-dealkylation sites (N-methyl/N-ethyl adjacent to an activating group) is 1. The second-order valence-corrected chi connectivity index (χ2v) is 8.25. The number of unbranched alkanes of at least 4 members (excludes halogenated alkanes) is 5. The van der Waals surface area contributed by atoms with Crippen LogP contribution in [0.2, 0.25) is 0 Å². The number of nitrogens with zero attached hydrogens (tertiary/aromatic N) is 1. The van der Waals surface area contributed by atoms with Crippen LogP contribution in [0.4, 0.5) is 0 Å². The Balaban J connectivity index is 1.71. The van der Waals surface area contributed by atoms with E-state index in [4.69, 9.17) is 9.47 Å². The average molecular weight is 399 g/mol. The second kappa shape index (κ2) is 14.2. The lowest BCUT2D eigenvalue weighted by Gasteiger charge is -2.35. The van der Waals surface area contributed by atoms with Crippen molar-refractivity contribution in [3.8, 4) is 5.75 Å². The van der Waals surface area contributed by atoms with Gasteiger partial charge in [-0.2, -0.15) is 0 Å². The summed E-state index contributed by atoms with van der Waals surface area (Å²) in [6.07, 6.45) is 8.07. The van der Waals surface area contributed by atoms with Gasteiger partial charge in [-0.1, -0.05) is 81.1 Å². The van der Waals surface area contributed by atoms with Crippen molar-refractivity contribution in [3.05, 3.63) is 66.2 Å². The Kier molecular flexibility index (Phi) is 11.5. The van der Waals surface area contributed by atoms with Gasteiger partial charge in [0, 0.05) is 5.56 Å². The van der Waals surface area contributed by atoms with Crippen molar-refractivity contribution in [2.45, 2.75) is 52.0 Å². The molecule has 3 nitrogen and oxygen atoms in total. The molecule has 0 aliphatic rings. The van der Waals surface area contributed by atoms with E-state index in [0.717, 1.165) is 29.9 Å². The third-order valence-corrected chi connectivity index (χ3v) is 5.47. The van der Waals surface area contributed by atoms with Crippen LogP contribution in [-0.4, -0.2) is 44.4 Å². The van der Waals surface area contributed by atoms with Crippen LogP contribution in [0.25, 0.3) is 0 Å². The zero-order valence-electron chi connectivity index (χ0n) is 18.5. The van der Waals surface area contributed by atoms with Gasteiger partial charge in [-0.3, -0.25) is 0 Å². The van der Waals surface area contributed by atoms with E-state index in [1.165, 1.54) is 50.6 Å². The van der Waals surface area contributed by atoms with Gasteiger partial charge in [0.05, 0.1) is 26.8 Å². The Morgan fingerprint density at radius 2 is 1.34 bits per heavy atom. The van der Waals surface area contributed by atoms with Crippen molar-refractivity contribution in [3.63, 3.8) is 0 Å². The molecule has 160 valence electrons. The van der Waals surface area contributed by atoms with Crippen LogP contribution in [0, 0.1) is 0 Å². The number of quaternary nitrogens is 1. The molecular weight excluding hydrogens is 358 g/mol. The molecule has 0 aromatic heterocycles. The summed E-state index contributed by atoms with van der Waals surface area (Å²) in [6, 6.07) is 20.8. The minimum atomic E-state index is 0.601. The van der Waals surface area contributed by atoms with E-state index in [1.54, 1.807) is 0 Å². The predicted molar refractivity (Wildman–Crippen MR) is 122 cm³/mol. The molecule has 0 radical (unpaired) electrons. The number of rotatable bonds is 16. The number of hydrogen-bond acceptors (Lipinski definition) is 2. The fourth-order valence-corrected chi connectivity index (χ4v) is 3.69. The Morgan fingerprint density at radius 1 is 0.690 bits per heavy atom. The SMILES string of the molecule is CCCCCCCC[N+](C)(CCOCCOc1ccccc1)Cc1ccccc1. The summed E-state index contributed by atoms with van der Waals surface area (Å²) in [5, 5.41) is 0. The van der Waals surface area contributed by atoms with Crippen LogP contribution < -0.4 is 4.74 Å². The fraction of sp³-hybridized carbons (Fsp3) is 0.538. The molecule has 0 spiro atoms. The molecule has 2 rings (SSSR count). The standard InChI is InChI=1S/C26H40NO2/c1-3-4-5-6-7-14-19-27(2,24-25-15-10-8-11-16-25)20-21-28-22-23-29-26-17-12-9-13-18-26/h8-13,15-18H,3-7,14,19-24H2,1-2H3/q+1. The first-order chi connectivity index (χ1) is 14.2. The van der Waals surface area contributed by atoms with Gasteiger partial charge in [0.25, 0.3) is 0 Å². The Bertz CT molecular complexity index is 632. The van der Waals surface area contributed by atoms with Gasteiger partial charge in [-0.05, 0) is 25.0 Å². The quantitative estimate of drug-likeness (QED) is 0.252. The van der Waals surface area contributed by atoms with Crippen molar-refractivity contribution in [1.29, 1.82) is 0 Å². The highest BCUT2D eigenvalue weighted by Gasteiger charge is 2.21. The summed E-state index contributed by atoms with van der Waals surface area (Å²) in [5.74, 6) is 0.906. The minimum Gasteiger partial charge on any atom is -0.491 e. The first kappa shape index (κ1) is 23.4. The average Bonchev–Trinajstić information content (AvgIpc) is 2.75. The van der Waals surface area contributed by atoms with E-state index >= 15 is 0 Å². The number of para-hydroxylation sites is 1. The summed E-state index contributed by atoms with van der Waals surface area (Å²) in [5.41, 5.74) is 1.41. The van der Waals surface area contributed by atoms with Gasteiger partial charge in [0.1, 0.15) is 25.4 Å². The molecule has 0 fully saturated rings. The Morgan fingerprint density at radius 3 is 2.07 bits per heavy atom. The monoisotopic (exact) mass is 398 g/mol. The van der Waals surface area contributed by atoms with Crippen LogP contribution >= 0.6 is 0 Å². The van der Waals surface area contributed by atoms with Crippen LogP contribution in [0.15, 0.2) is 60.7 Å². The summed E-state index contributed by atoms with van der Waals surface area (Å²) < 4.78 is 12.7. The van der Waals surface area contributed by atoms with Crippen molar-refractivity contribution >= 4 is 0 Å². The maximum Gasteiger partial charge on any atom is 0.119 e. The summed E-state index contributed by atoms with van der Waals surface area (Å²) in [6.45, 7) is 7.61. The maximum absolute atomic E-state index is 5.91. The lowest BCUT2D eigenvalue weighted by molar-refractivity contribution is -0.923. The highest BCUT2D eigenvalue weighted by atomic mass is 16.5. The predicted octanol–water partition coefficient (Wildman–Crippen LogP) is 6.09. The van der Waals surface area contributed by atoms with E-state index in [0.29, 0.717) is 13.2 Å². The van der Waals surface area contributed by atoms with Gasteiger partial charge in [-0.25, -0.2) is 0 Å². The summed E-state index contributed by atoms with van der Waals surface area (Å²) in [4.78, 5) is 0. The topological polar surface area (TPSA) is 18.5 Å². The molecular formula is C26H40NO2+. The Labute approximate surface area is 178 Å². The zero-order chi connectivity index (χ0) is 20.6. The molecule has 0 bridgehead atoms. The molecule has 0 N–H and O–H groups in total. The lowest BCUT2D eigenvalue weighted by Crippen LogP contribution is -2.46. The third kappa shape index (κ3) is 10.5. The van der Waals surface area contributed by atoms with Gasteiger partial charge >= 0.3 is 0 Å². The fourth-order valence-electron chi connectivity index (χ4n) is 3.69. The van der Waals surface area contributed by atoms with E-state index < -0.39 is 0 Å². The number of hydrogen-bond donors (Lipinski definition) is 0. The summed E-state index contributed by atoms with van der Waals surface area (Å²) in [7, 11) is 2.38.